The van der Waals surface area contributed by atoms with Crippen LogP contribution in [0.5, 0.6) is 0 Å². The molecule has 0 fully saturated rings. The second-order valence-corrected chi connectivity index (χ2v) is 5.56. The molecule has 2 aromatic rings. The van der Waals surface area contributed by atoms with E-state index in [-0.39, 0.29) is 0 Å². The zero-order chi connectivity index (χ0) is 11.5. The van der Waals surface area contributed by atoms with Gasteiger partial charge in [-0.05, 0) is 24.3 Å². The molecule has 90 valence electrons. The maximum Gasteiger partial charge on any atom is 0.113 e. The number of nitrogens with zero attached hydrogens (tertiary/aromatic N) is 2. The van der Waals surface area contributed by atoms with Gasteiger partial charge in [-0.2, -0.15) is 0 Å². The van der Waals surface area contributed by atoms with Gasteiger partial charge >= 0.3 is 0 Å². The van der Waals surface area contributed by atoms with E-state index in [2.05, 4.69) is 38.6 Å². The van der Waals surface area contributed by atoms with Crippen molar-refractivity contribution in [3.63, 3.8) is 0 Å². The SMILES string of the molecule is c1csc(CNCC2CCCn3ccnc32)c1. The van der Waals surface area contributed by atoms with Gasteiger partial charge in [-0.3, -0.25) is 0 Å². The van der Waals surface area contributed by atoms with Crippen LogP contribution < -0.4 is 5.32 Å². The first kappa shape index (κ1) is 11.0. The molecule has 0 amide bonds. The second kappa shape index (κ2) is 5.02. The fourth-order valence-electron chi connectivity index (χ4n) is 2.48. The predicted octanol–water partition coefficient (Wildman–Crippen LogP) is 2.61. The Morgan fingerprint density at radius 1 is 1.53 bits per heavy atom. The highest BCUT2D eigenvalue weighted by Gasteiger charge is 2.20. The lowest BCUT2D eigenvalue weighted by Gasteiger charge is -2.23. The molecule has 0 saturated carbocycles. The normalized spacial score (nSPS) is 19.2. The van der Waals surface area contributed by atoms with Gasteiger partial charge in [0.1, 0.15) is 5.82 Å². The predicted molar refractivity (Wildman–Crippen MR) is 70.2 cm³/mol. The van der Waals surface area contributed by atoms with Crippen LogP contribution in [0.25, 0.3) is 0 Å². The van der Waals surface area contributed by atoms with E-state index in [9.17, 15) is 0 Å². The number of hydrogen-bond donors (Lipinski definition) is 1. The van der Waals surface area contributed by atoms with Gasteiger partial charge in [0, 0.05) is 42.8 Å². The fourth-order valence-corrected chi connectivity index (χ4v) is 3.16. The highest BCUT2D eigenvalue weighted by Crippen LogP contribution is 2.24. The summed E-state index contributed by atoms with van der Waals surface area (Å²) >= 11 is 1.81. The summed E-state index contributed by atoms with van der Waals surface area (Å²) in [5.41, 5.74) is 0. The molecular formula is C13H17N3S. The maximum atomic E-state index is 4.48. The van der Waals surface area contributed by atoms with Crippen molar-refractivity contribution in [2.24, 2.45) is 0 Å². The Labute approximate surface area is 106 Å². The Morgan fingerprint density at radius 2 is 2.53 bits per heavy atom. The van der Waals surface area contributed by atoms with Crippen LogP contribution in [0.4, 0.5) is 0 Å². The van der Waals surface area contributed by atoms with Gasteiger partial charge in [0.25, 0.3) is 0 Å². The van der Waals surface area contributed by atoms with Crippen LogP contribution in [-0.4, -0.2) is 16.1 Å². The zero-order valence-corrected chi connectivity index (χ0v) is 10.6. The van der Waals surface area contributed by atoms with Crippen LogP contribution in [0.2, 0.25) is 0 Å². The largest absolute Gasteiger partial charge is 0.335 e. The molecule has 1 unspecified atom stereocenters. The number of aromatic nitrogens is 2. The van der Waals surface area contributed by atoms with E-state index in [1.807, 2.05) is 17.5 Å². The summed E-state index contributed by atoms with van der Waals surface area (Å²) in [6.07, 6.45) is 6.55. The summed E-state index contributed by atoms with van der Waals surface area (Å²) in [5.74, 6) is 1.84. The van der Waals surface area contributed by atoms with Crippen molar-refractivity contribution in [3.8, 4) is 0 Å². The van der Waals surface area contributed by atoms with E-state index < -0.39 is 0 Å². The Balaban J connectivity index is 1.57. The second-order valence-electron chi connectivity index (χ2n) is 4.53. The maximum absolute atomic E-state index is 4.48. The number of thiophene rings is 1. The number of hydrogen-bond acceptors (Lipinski definition) is 3. The van der Waals surface area contributed by atoms with E-state index in [1.54, 1.807) is 0 Å². The molecule has 0 radical (unpaired) electrons. The fraction of sp³-hybridized carbons (Fsp3) is 0.462. The van der Waals surface area contributed by atoms with Gasteiger partial charge in [-0.25, -0.2) is 4.98 Å². The third-order valence-corrected chi connectivity index (χ3v) is 4.21. The molecule has 17 heavy (non-hydrogen) atoms. The lowest BCUT2D eigenvalue weighted by molar-refractivity contribution is 0.423. The molecule has 0 bridgehead atoms. The number of rotatable bonds is 4. The molecule has 1 aliphatic heterocycles. The van der Waals surface area contributed by atoms with E-state index >= 15 is 0 Å². The van der Waals surface area contributed by atoms with Crippen molar-refractivity contribution in [2.75, 3.05) is 6.54 Å². The standard InChI is InChI=1S/C13H17N3S/c1-3-11(13-15-5-7-16(13)6-1)9-14-10-12-4-2-8-17-12/h2,4-5,7-8,11,14H,1,3,6,9-10H2. The molecule has 1 aliphatic rings. The van der Waals surface area contributed by atoms with Crippen LogP contribution in [-0.2, 0) is 13.1 Å². The number of aryl methyl sites for hydroxylation is 1. The van der Waals surface area contributed by atoms with Gasteiger partial charge in [0.2, 0.25) is 0 Å². The van der Waals surface area contributed by atoms with Crippen molar-refractivity contribution in [1.29, 1.82) is 0 Å². The highest BCUT2D eigenvalue weighted by molar-refractivity contribution is 7.09. The molecule has 3 heterocycles. The first-order valence-corrected chi connectivity index (χ1v) is 7.05. The van der Waals surface area contributed by atoms with Crippen molar-refractivity contribution < 1.29 is 0 Å². The highest BCUT2D eigenvalue weighted by atomic mass is 32.1. The molecule has 0 aromatic carbocycles. The average Bonchev–Trinajstić information content (AvgIpc) is 2.99. The van der Waals surface area contributed by atoms with E-state index in [0.717, 1.165) is 19.6 Å². The molecule has 3 nitrogen and oxygen atoms in total. The summed E-state index contributed by atoms with van der Waals surface area (Å²) in [4.78, 5) is 5.89. The molecule has 0 spiro atoms. The summed E-state index contributed by atoms with van der Waals surface area (Å²) in [7, 11) is 0. The smallest absolute Gasteiger partial charge is 0.113 e. The Hall–Kier alpha value is -1.13. The molecule has 2 aromatic heterocycles. The molecule has 0 aliphatic carbocycles. The topological polar surface area (TPSA) is 29.9 Å². The number of fused-ring (bicyclic) bond motifs is 1. The molecule has 1 N–H and O–H groups in total. The third kappa shape index (κ3) is 2.42. The average molecular weight is 247 g/mol. The number of imidazole rings is 1. The molecular weight excluding hydrogens is 230 g/mol. The van der Waals surface area contributed by atoms with Gasteiger partial charge in [0.15, 0.2) is 0 Å². The first-order chi connectivity index (χ1) is 8.43. The number of nitrogens with one attached hydrogen (secondary N) is 1. The molecule has 3 rings (SSSR count). The molecule has 4 heteroatoms. The van der Waals surface area contributed by atoms with Gasteiger partial charge in [0.05, 0.1) is 0 Å². The van der Waals surface area contributed by atoms with Crippen LogP contribution in [0.3, 0.4) is 0 Å². The minimum Gasteiger partial charge on any atom is -0.335 e. The van der Waals surface area contributed by atoms with Crippen molar-refractivity contribution in [3.05, 3.63) is 40.6 Å². The van der Waals surface area contributed by atoms with Crippen LogP contribution in [0, 0.1) is 0 Å². The Morgan fingerprint density at radius 3 is 3.41 bits per heavy atom. The van der Waals surface area contributed by atoms with Crippen LogP contribution in [0.1, 0.15) is 29.5 Å². The van der Waals surface area contributed by atoms with Crippen molar-refractivity contribution in [2.45, 2.75) is 31.8 Å². The molecule has 1 atom stereocenters. The minimum absolute atomic E-state index is 0.582. The van der Waals surface area contributed by atoms with Gasteiger partial charge in [-0.15, -0.1) is 11.3 Å². The van der Waals surface area contributed by atoms with Crippen molar-refractivity contribution in [1.82, 2.24) is 14.9 Å². The summed E-state index contributed by atoms with van der Waals surface area (Å²) in [6, 6.07) is 4.29. The molecule has 0 saturated heterocycles. The van der Waals surface area contributed by atoms with Crippen LogP contribution in [0.15, 0.2) is 29.9 Å². The Kier molecular flexibility index (Phi) is 3.25. The first-order valence-electron chi connectivity index (χ1n) is 6.17. The van der Waals surface area contributed by atoms with Gasteiger partial charge in [-0.1, -0.05) is 6.07 Å². The van der Waals surface area contributed by atoms with Gasteiger partial charge < -0.3 is 9.88 Å². The third-order valence-electron chi connectivity index (χ3n) is 3.33. The minimum atomic E-state index is 0.582. The summed E-state index contributed by atoms with van der Waals surface area (Å²) in [5, 5.41) is 5.67. The van der Waals surface area contributed by atoms with Crippen LogP contribution >= 0.6 is 11.3 Å². The van der Waals surface area contributed by atoms with Crippen molar-refractivity contribution >= 4 is 11.3 Å². The Bertz CT molecular complexity index is 461. The monoisotopic (exact) mass is 247 g/mol. The van der Waals surface area contributed by atoms with E-state index in [4.69, 9.17) is 0 Å². The van der Waals surface area contributed by atoms with E-state index in [1.165, 1.54) is 23.5 Å². The summed E-state index contributed by atoms with van der Waals surface area (Å²) < 4.78 is 2.29. The lowest BCUT2D eigenvalue weighted by atomic mass is 9.99. The lowest BCUT2D eigenvalue weighted by Crippen LogP contribution is -2.26. The zero-order valence-electron chi connectivity index (χ0n) is 9.80. The quantitative estimate of drug-likeness (QED) is 0.900. The summed E-state index contributed by atoms with van der Waals surface area (Å²) in [6.45, 7) is 3.15. The van der Waals surface area contributed by atoms with E-state index in [0.29, 0.717) is 5.92 Å².